The summed E-state index contributed by atoms with van der Waals surface area (Å²) in [6.45, 7) is 4.53. The van der Waals surface area contributed by atoms with E-state index in [-0.39, 0.29) is 24.1 Å². The molecule has 3 aliphatic heterocycles. The number of anilines is 1. The van der Waals surface area contributed by atoms with Crippen LogP contribution in [0.4, 0.5) is 10.1 Å². The summed E-state index contributed by atoms with van der Waals surface area (Å²) < 4.78 is 14.4. The number of hydrogen-bond donors (Lipinski definition) is 1. The molecule has 0 saturated carbocycles. The molecule has 3 aromatic rings. The third kappa shape index (κ3) is 6.28. The Balaban J connectivity index is 0.990. The van der Waals surface area contributed by atoms with Crippen LogP contribution in [0.2, 0.25) is 0 Å². The quantitative estimate of drug-likeness (QED) is 0.308. The number of benzene rings is 3. The molecule has 3 aliphatic rings. The lowest BCUT2D eigenvalue weighted by Crippen LogP contribution is -2.52. The summed E-state index contributed by atoms with van der Waals surface area (Å²) in [5, 5.41) is 11.3. The number of amides is 3. The van der Waals surface area contributed by atoms with Gasteiger partial charge in [0.15, 0.2) is 0 Å². The molecule has 3 heterocycles. The Morgan fingerprint density at radius 1 is 0.977 bits per heavy atom. The van der Waals surface area contributed by atoms with Gasteiger partial charge >= 0.3 is 0 Å². The number of carbonyl (C=O) groups excluding carboxylic acids is 3. The second-order valence-corrected chi connectivity index (χ2v) is 12.2. The first-order valence-corrected chi connectivity index (χ1v) is 15.5. The van der Waals surface area contributed by atoms with Crippen LogP contribution in [0.15, 0.2) is 65.6 Å². The lowest BCUT2D eigenvalue weighted by molar-refractivity contribution is -0.136. The van der Waals surface area contributed by atoms with Crippen molar-refractivity contribution in [2.75, 3.05) is 37.6 Å². The van der Waals surface area contributed by atoms with Crippen LogP contribution in [0.3, 0.4) is 0 Å². The van der Waals surface area contributed by atoms with Crippen molar-refractivity contribution in [2.45, 2.75) is 42.5 Å². The summed E-state index contributed by atoms with van der Waals surface area (Å²) in [6.07, 6.45) is 1.53. The number of carbonyl (C=O) groups is 3. The van der Waals surface area contributed by atoms with E-state index in [1.165, 1.54) is 17.2 Å². The lowest BCUT2D eigenvalue weighted by Gasteiger charge is -2.36. The highest BCUT2D eigenvalue weighted by Gasteiger charge is 2.39. The van der Waals surface area contributed by atoms with Gasteiger partial charge in [0.05, 0.1) is 17.3 Å². The first-order valence-electron chi connectivity index (χ1n) is 14.5. The molecule has 43 heavy (non-hydrogen) atoms. The number of rotatable bonds is 8. The molecule has 1 unspecified atom stereocenters. The molecule has 0 spiro atoms. The Morgan fingerprint density at radius 2 is 1.74 bits per heavy atom. The van der Waals surface area contributed by atoms with Gasteiger partial charge in [0.2, 0.25) is 11.8 Å². The molecule has 1 atom stereocenters. The molecule has 0 aliphatic carbocycles. The van der Waals surface area contributed by atoms with Crippen LogP contribution in [0.1, 0.15) is 45.5 Å². The van der Waals surface area contributed by atoms with Crippen molar-refractivity contribution in [1.29, 1.82) is 5.26 Å². The predicted molar refractivity (Wildman–Crippen MR) is 162 cm³/mol. The van der Waals surface area contributed by atoms with Crippen LogP contribution in [0.5, 0.6) is 0 Å². The van der Waals surface area contributed by atoms with E-state index in [0.717, 1.165) is 55.4 Å². The van der Waals surface area contributed by atoms with E-state index in [9.17, 15) is 18.8 Å². The third-order valence-corrected chi connectivity index (χ3v) is 9.63. The van der Waals surface area contributed by atoms with Crippen LogP contribution in [-0.4, -0.2) is 66.3 Å². The van der Waals surface area contributed by atoms with Gasteiger partial charge in [-0.25, -0.2) is 4.39 Å². The second kappa shape index (κ2) is 12.6. The van der Waals surface area contributed by atoms with E-state index in [1.807, 2.05) is 29.2 Å². The zero-order valence-electron chi connectivity index (χ0n) is 23.7. The van der Waals surface area contributed by atoms with E-state index in [2.05, 4.69) is 34.5 Å². The number of nitriles is 1. The van der Waals surface area contributed by atoms with Crippen molar-refractivity contribution in [2.24, 2.45) is 0 Å². The van der Waals surface area contributed by atoms with Gasteiger partial charge in [-0.2, -0.15) is 5.26 Å². The SMILES string of the molecule is N#Cc1ccc(N2CCN(CCc3ccc(CSc4cccc5c4CN(C4CCC(=O)NC4=O)C5=O)cc3)CC2)c(F)c1. The zero-order valence-corrected chi connectivity index (χ0v) is 24.5. The fraction of sp³-hybridized carbons (Fsp3) is 0.333. The average Bonchev–Trinajstić information content (AvgIpc) is 3.36. The second-order valence-electron chi connectivity index (χ2n) is 11.1. The molecular weight excluding hydrogens is 565 g/mol. The Kier molecular flexibility index (Phi) is 8.45. The monoisotopic (exact) mass is 597 g/mol. The fourth-order valence-electron chi connectivity index (χ4n) is 5.99. The highest BCUT2D eigenvalue weighted by Crippen LogP contribution is 2.35. The smallest absolute Gasteiger partial charge is 0.255 e. The summed E-state index contributed by atoms with van der Waals surface area (Å²) in [5.74, 6) is -0.418. The normalized spacial score (nSPS) is 18.9. The number of piperidine rings is 1. The van der Waals surface area contributed by atoms with Crippen molar-refractivity contribution in [3.05, 3.63) is 94.3 Å². The largest absolute Gasteiger partial charge is 0.367 e. The maximum Gasteiger partial charge on any atom is 0.255 e. The van der Waals surface area contributed by atoms with Crippen molar-refractivity contribution >= 4 is 35.2 Å². The van der Waals surface area contributed by atoms with Gasteiger partial charge in [-0.05, 0) is 59.9 Å². The molecule has 1 N–H and O–H groups in total. The van der Waals surface area contributed by atoms with E-state index >= 15 is 0 Å². The van der Waals surface area contributed by atoms with Crippen LogP contribution < -0.4 is 10.2 Å². The molecule has 3 aromatic carbocycles. The Hall–Kier alpha value is -4.20. The molecule has 2 fully saturated rings. The summed E-state index contributed by atoms with van der Waals surface area (Å²) in [7, 11) is 0. The Labute approximate surface area is 254 Å². The predicted octanol–water partition coefficient (Wildman–Crippen LogP) is 4.12. The third-order valence-electron chi connectivity index (χ3n) is 8.46. The number of nitrogens with zero attached hydrogens (tertiary/aromatic N) is 4. The minimum absolute atomic E-state index is 0.154. The number of fused-ring (bicyclic) bond motifs is 1. The van der Waals surface area contributed by atoms with Gasteiger partial charge < -0.3 is 9.80 Å². The molecular formula is C33H32FN5O3S. The van der Waals surface area contributed by atoms with Crippen molar-refractivity contribution < 1.29 is 18.8 Å². The van der Waals surface area contributed by atoms with E-state index < -0.39 is 11.9 Å². The standard InChI is InChI=1S/C33H32FN5O3S/c34-27-18-24(19-35)8-9-28(27)38-16-14-37(15-17-38)13-12-22-4-6-23(7-5-22)21-43-30-3-1-2-25-26(30)20-39(33(25)42)29-10-11-31(40)36-32(29)41/h1-9,18,29H,10-17,20-21H2,(H,36,40,41). The van der Waals surface area contributed by atoms with Gasteiger partial charge in [-0.1, -0.05) is 30.3 Å². The minimum Gasteiger partial charge on any atom is -0.367 e. The fourth-order valence-corrected chi connectivity index (χ4v) is 7.03. The topological polar surface area (TPSA) is 96.8 Å². The average molecular weight is 598 g/mol. The molecule has 0 radical (unpaired) electrons. The number of piperazine rings is 1. The van der Waals surface area contributed by atoms with E-state index in [4.69, 9.17) is 5.26 Å². The maximum absolute atomic E-state index is 14.4. The molecule has 6 rings (SSSR count). The van der Waals surface area contributed by atoms with Gasteiger partial charge in [-0.15, -0.1) is 11.8 Å². The first-order chi connectivity index (χ1) is 20.9. The number of imide groups is 1. The van der Waals surface area contributed by atoms with Crippen molar-refractivity contribution in [3.63, 3.8) is 0 Å². The number of halogens is 1. The molecule has 0 bridgehead atoms. The minimum atomic E-state index is -0.614. The highest BCUT2D eigenvalue weighted by atomic mass is 32.2. The Morgan fingerprint density at radius 3 is 2.47 bits per heavy atom. The van der Waals surface area contributed by atoms with Crippen LogP contribution in [-0.2, 0) is 28.3 Å². The maximum atomic E-state index is 14.4. The van der Waals surface area contributed by atoms with Gasteiger partial charge in [0, 0.05) is 61.9 Å². The number of hydrogen-bond acceptors (Lipinski definition) is 7. The molecule has 8 nitrogen and oxygen atoms in total. The van der Waals surface area contributed by atoms with E-state index in [1.54, 1.807) is 28.8 Å². The van der Waals surface area contributed by atoms with Crippen LogP contribution in [0.25, 0.3) is 0 Å². The molecule has 2 saturated heterocycles. The molecule has 10 heteroatoms. The first kappa shape index (κ1) is 28.9. The van der Waals surface area contributed by atoms with Crippen LogP contribution >= 0.6 is 11.8 Å². The molecule has 220 valence electrons. The summed E-state index contributed by atoms with van der Waals surface area (Å²) in [6, 6.07) is 20.4. The highest BCUT2D eigenvalue weighted by molar-refractivity contribution is 7.98. The summed E-state index contributed by atoms with van der Waals surface area (Å²) in [4.78, 5) is 44.1. The molecule has 0 aromatic heterocycles. The van der Waals surface area contributed by atoms with Crippen molar-refractivity contribution in [1.82, 2.24) is 15.1 Å². The Bertz CT molecular complexity index is 1600. The number of thioether (sulfide) groups is 1. The summed E-state index contributed by atoms with van der Waals surface area (Å²) in [5.41, 5.74) is 4.93. The summed E-state index contributed by atoms with van der Waals surface area (Å²) >= 11 is 1.69. The molecule has 3 amide bonds. The van der Waals surface area contributed by atoms with Gasteiger partial charge in [0.25, 0.3) is 5.91 Å². The van der Waals surface area contributed by atoms with Gasteiger partial charge in [-0.3, -0.25) is 24.6 Å². The van der Waals surface area contributed by atoms with Gasteiger partial charge in [0.1, 0.15) is 11.9 Å². The van der Waals surface area contributed by atoms with E-state index in [0.29, 0.717) is 29.8 Å². The van der Waals surface area contributed by atoms with Crippen LogP contribution in [0, 0.1) is 17.1 Å². The zero-order chi connectivity index (χ0) is 29.9. The lowest BCUT2D eigenvalue weighted by atomic mass is 10.0. The number of nitrogens with one attached hydrogen (secondary N) is 1. The van der Waals surface area contributed by atoms with Crippen molar-refractivity contribution in [3.8, 4) is 6.07 Å².